The lowest BCUT2D eigenvalue weighted by molar-refractivity contribution is 0.102. The highest BCUT2D eigenvalue weighted by Gasteiger charge is 2.15. The summed E-state index contributed by atoms with van der Waals surface area (Å²) < 4.78 is 0. The zero-order chi connectivity index (χ0) is 19.4. The number of nitrogens with one attached hydrogen (secondary N) is 1. The number of primary amides is 2. The molecule has 2 rings (SSSR count). The van der Waals surface area contributed by atoms with Crippen molar-refractivity contribution in [3.63, 3.8) is 0 Å². The summed E-state index contributed by atoms with van der Waals surface area (Å²) in [4.78, 5) is 34.3. The number of carbonyl (C=O) groups excluding carboxylic acids is 3. The lowest BCUT2D eigenvalue weighted by Gasteiger charge is -2.15. The topological polar surface area (TPSA) is 194 Å². The quantitative estimate of drug-likeness (QED) is 0.255. The number of phenols is 1. The van der Waals surface area contributed by atoms with Crippen LogP contribution in [-0.4, -0.2) is 23.1 Å². The van der Waals surface area contributed by atoms with E-state index in [2.05, 4.69) is 5.32 Å². The van der Waals surface area contributed by atoms with Gasteiger partial charge in [-0.2, -0.15) is 0 Å². The third-order valence-corrected chi connectivity index (χ3v) is 3.38. The van der Waals surface area contributed by atoms with E-state index in [1.54, 1.807) is 0 Å². The molecule has 26 heavy (non-hydrogen) atoms. The molecule has 0 unspecified atom stereocenters. The van der Waals surface area contributed by atoms with E-state index in [4.69, 9.17) is 23.2 Å². The molecule has 11 heteroatoms. The minimum absolute atomic E-state index is 0.0479. The van der Waals surface area contributed by atoms with Gasteiger partial charge < -0.3 is 21.9 Å². The molecule has 0 fully saturated rings. The van der Waals surface area contributed by atoms with Crippen molar-refractivity contribution in [2.75, 3.05) is 15.3 Å². The largest absolute Gasteiger partial charge is 0.507 e. The van der Waals surface area contributed by atoms with Gasteiger partial charge in [-0.15, -0.1) is 0 Å². The maximum atomic E-state index is 12.3. The Bertz CT molecular complexity index is 854. The van der Waals surface area contributed by atoms with Gasteiger partial charge in [0.05, 0.1) is 16.9 Å². The highest BCUT2D eigenvalue weighted by molar-refractivity contribution is 6.06. The molecule has 0 radical (unpaired) electrons. The molecule has 2 aromatic rings. The van der Waals surface area contributed by atoms with Crippen molar-refractivity contribution in [1.82, 2.24) is 0 Å². The summed E-state index contributed by atoms with van der Waals surface area (Å²) in [5.74, 6) is 9.87. The van der Waals surface area contributed by atoms with Crippen LogP contribution >= 0.6 is 0 Å². The smallest absolute Gasteiger partial charge is 0.333 e. The van der Waals surface area contributed by atoms with E-state index < -0.39 is 23.7 Å². The summed E-state index contributed by atoms with van der Waals surface area (Å²) in [6.07, 6.45) is 0. The first kappa shape index (κ1) is 18.5. The molecule has 0 saturated heterocycles. The van der Waals surface area contributed by atoms with Crippen LogP contribution in [0.5, 0.6) is 5.75 Å². The summed E-state index contributed by atoms with van der Waals surface area (Å²) >= 11 is 0. The number of phenolic OH excluding ortho intramolecular Hbond substituents is 1. The van der Waals surface area contributed by atoms with Gasteiger partial charge in [0, 0.05) is 11.8 Å². The molecule has 11 nitrogen and oxygen atoms in total. The molecule has 0 aliphatic carbocycles. The maximum absolute atomic E-state index is 12.3. The van der Waals surface area contributed by atoms with Crippen LogP contribution in [0.2, 0.25) is 0 Å². The molecule has 0 spiro atoms. The Morgan fingerprint density at radius 3 is 1.85 bits per heavy atom. The summed E-state index contributed by atoms with van der Waals surface area (Å²) in [7, 11) is 0. The van der Waals surface area contributed by atoms with Gasteiger partial charge >= 0.3 is 12.1 Å². The van der Waals surface area contributed by atoms with Crippen LogP contribution in [0.3, 0.4) is 0 Å². The molecule has 0 bridgehead atoms. The van der Waals surface area contributed by atoms with E-state index in [9.17, 15) is 19.5 Å². The third-order valence-electron chi connectivity index (χ3n) is 3.38. The minimum atomic E-state index is -0.924. The zero-order valence-corrected chi connectivity index (χ0v) is 13.4. The first-order valence-corrected chi connectivity index (χ1v) is 7.13. The van der Waals surface area contributed by atoms with E-state index in [0.717, 1.165) is 11.1 Å². The predicted octanol–water partition coefficient (Wildman–Crippen LogP) is 0.162. The van der Waals surface area contributed by atoms with E-state index in [1.807, 2.05) is 0 Å². The van der Waals surface area contributed by atoms with Crippen LogP contribution in [0.1, 0.15) is 10.4 Å². The second-order valence-corrected chi connectivity index (χ2v) is 5.12. The average molecular weight is 359 g/mol. The second kappa shape index (κ2) is 7.38. The minimum Gasteiger partial charge on any atom is -0.507 e. The number of benzene rings is 2. The van der Waals surface area contributed by atoms with Crippen molar-refractivity contribution in [1.29, 1.82) is 0 Å². The molecule has 0 saturated carbocycles. The Morgan fingerprint density at radius 2 is 1.35 bits per heavy atom. The number of amides is 5. The Kier molecular flexibility index (Phi) is 5.25. The Hall–Kier alpha value is -3.83. The molecule has 10 N–H and O–H groups in total. The van der Waals surface area contributed by atoms with Crippen LogP contribution in [0, 0.1) is 0 Å². The normalized spacial score (nSPS) is 10.1. The van der Waals surface area contributed by atoms with Crippen molar-refractivity contribution in [2.45, 2.75) is 0 Å². The standard InChI is InChI=1S/C15H17N7O4/c16-14(25)21(18)9-3-1-8(2-4-9)20-13(24)11-6-5-10(7-12(11)23)22(19)15(17)26/h1-7,23H,18-19H2,(H2,16,25)(H2,17,26)(H,20,24). The number of carbonyl (C=O) groups is 3. The van der Waals surface area contributed by atoms with E-state index in [-0.39, 0.29) is 11.3 Å². The molecular weight excluding hydrogens is 342 g/mol. The van der Waals surface area contributed by atoms with Gasteiger partial charge in [0.25, 0.3) is 5.91 Å². The van der Waals surface area contributed by atoms with Gasteiger partial charge in [-0.05, 0) is 36.4 Å². The number of rotatable bonds is 4. The van der Waals surface area contributed by atoms with Crippen LogP contribution in [-0.2, 0) is 0 Å². The first-order valence-electron chi connectivity index (χ1n) is 7.13. The fraction of sp³-hybridized carbons (Fsp3) is 0. The number of nitrogens with two attached hydrogens (primary N) is 4. The highest BCUT2D eigenvalue weighted by Crippen LogP contribution is 2.25. The Balaban J connectivity index is 2.15. The summed E-state index contributed by atoms with van der Waals surface area (Å²) in [6, 6.07) is 7.94. The van der Waals surface area contributed by atoms with Crippen molar-refractivity contribution in [3.05, 3.63) is 48.0 Å². The highest BCUT2D eigenvalue weighted by atomic mass is 16.3. The summed E-state index contributed by atoms with van der Waals surface area (Å²) in [6.45, 7) is 0. The van der Waals surface area contributed by atoms with E-state index in [1.165, 1.54) is 36.4 Å². The van der Waals surface area contributed by atoms with E-state index >= 15 is 0 Å². The number of hydrazine groups is 2. The van der Waals surface area contributed by atoms with E-state index in [0.29, 0.717) is 16.4 Å². The Morgan fingerprint density at radius 1 is 0.846 bits per heavy atom. The molecule has 0 aliphatic heterocycles. The van der Waals surface area contributed by atoms with Crippen molar-refractivity contribution < 1.29 is 19.5 Å². The van der Waals surface area contributed by atoms with Crippen molar-refractivity contribution >= 4 is 35.0 Å². The molecule has 0 aromatic heterocycles. The molecule has 5 amide bonds. The number of hydrogen-bond donors (Lipinski definition) is 6. The number of hydrogen-bond acceptors (Lipinski definition) is 6. The monoisotopic (exact) mass is 359 g/mol. The van der Waals surface area contributed by atoms with Gasteiger partial charge in [-0.25, -0.2) is 31.3 Å². The molecular formula is C15H17N7O4. The van der Waals surface area contributed by atoms with Crippen LogP contribution in [0.15, 0.2) is 42.5 Å². The van der Waals surface area contributed by atoms with Gasteiger partial charge in [0.15, 0.2) is 0 Å². The Labute approximate surface area is 147 Å². The average Bonchev–Trinajstić information content (AvgIpc) is 2.60. The van der Waals surface area contributed by atoms with Gasteiger partial charge in [-0.3, -0.25) is 4.79 Å². The lowest BCUT2D eigenvalue weighted by Crippen LogP contribution is -2.41. The SMILES string of the molecule is NC(=O)N(N)c1ccc(NC(=O)c2ccc(N(N)C(N)=O)cc2O)cc1. The second-order valence-electron chi connectivity index (χ2n) is 5.12. The van der Waals surface area contributed by atoms with Crippen LogP contribution < -0.4 is 38.5 Å². The van der Waals surface area contributed by atoms with Crippen LogP contribution in [0.25, 0.3) is 0 Å². The van der Waals surface area contributed by atoms with Crippen molar-refractivity contribution in [3.8, 4) is 5.75 Å². The zero-order valence-electron chi connectivity index (χ0n) is 13.4. The summed E-state index contributed by atoms with van der Waals surface area (Å²) in [5.41, 5.74) is 10.9. The van der Waals surface area contributed by atoms with Gasteiger partial charge in [-0.1, -0.05) is 0 Å². The fourth-order valence-corrected chi connectivity index (χ4v) is 2.02. The van der Waals surface area contributed by atoms with Gasteiger partial charge in [0.2, 0.25) is 0 Å². The molecule has 0 aliphatic rings. The van der Waals surface area contributed by atoms with Crippen molar-refractivity contribution in [2.24, 2.45) is 23.2 Å². The maximum Gasteiger partial charge on any atom is 0.333 e. The molecule has 136 valence electrons. The lowest BCUT2D eigenvalue weighted by atomic mass is 10.1. The number of anilines is 3. The number of nitrogens with zero attached hydrogens (tertiary/aromatic N) is 2. The third kappa shape index (κ3) is 3.98. The molecule has 2 aromatic carbocycles. The summed E-state index contributed by atoms with van der Waals surface area (Å²) in [5, 5.41) is 13.9. The van der Waals surface area contributed by atoms with Crippen LogP contribution in [0.4, 0.5) is 26.7 Å². The fourth-order valence-electron chi connectivity index (χ4n) is 2.02. The number of aromatic hydroxyl groups is 1. The first-order chi connectivity index (χ1) is 12.2. The predicted molar refractivity (Wildman–Crippen MR) is 95.0 cm³/mol. The number of urea groups is 2. The molecule has 0 heterocycles. The molecule has 0 atom stereocenters. The van der Waals surface area contributed by atoms with Gasteiger partial charge in [0.1, 0.15) is 5.75 Å².